The lowest BCUT2D eigenvalue weighted by molar-refractivity contribution is -0.146. The number of methoxy groups -OCH3 is 1. The molecule has 2 rings (SSSR count). The zero-order valence-electron chi connectivity index (χ0n) is 14.1. The fourth-order valence-electron chi connectivity index (χ4n) is 2.99. The standard InChI is InChI=1S/C16H28N2O3S/c1-16(2,3)8-14(19)18-11-22-10-13(18)15(20)17-7-5-6-12(9-17)21-4/h12-13H,5-11H2,1-4H3. The van der Waals surface area contributed by atoms with E-state index in [0.29, 0.717) is 24.6 Å². The van der Waals surface area contributed by atoms with Crippen LogP contribution in [0.1, 0.15) is 40.0 Å². The summed E-state index contributed by atoms with van der Waals surface area (Å²) in [7, 11) is 1.70. The van der Waals surface area contributed by atoms with E-state index in [1.807, 2.05) is 4.90 Å². The number of piperidine rings is 1. The van der Waals surface area contributed by atoms with Crippen molar-refractivity contribution >= 4 is 23.6 Å². The van der Waals surface area contributed by atoms with Gasteiger partial charge in [0.25, 0.3) is 0 Å². The predicted molar refractivity (Wildman–Crippen MR) is 88.6 cm³/mol. The highest BCUT2D eigenvalue weighted by Crippen LogP contribution is 2.28. The van der Waals surface area contributed by atoms with Crippen molar-refractivity contribution in [1.82, 2.24) is 9.80 Å². The van der Waals surface area contributed by atoms with Gasteiger partial charge in [-0.1, -0.05) is 20.8 Å². The molecule has 0 spiro atoms. The van der Waals surface area contributed by atoms with Crippen LogP contribution in [0.2, 0.25) is 0 Å². The molecule has 5 nitrogen and oxygen atoms in total. The fourth-order valence-corrected chi connectivity index (χ4v) is 4.16. The molecule has 0 aromatic heterocycles. The molecule has 2 aliphatic heterocycles. The van der Waals surface area contributed by atoms with Crippen LogP contribution in [0.5, 0.6) is 0 Å². The van der Waals surface area contributed by atoms with Crippen LogP contribution in [0.4, 0.5) is 0 Å². The minimum atomic E-state index is -0.296. The molecule has 2 fully saturated rings. The van der Waals surface area contributed by atoms with Gasteiger partial charge < -0.3 is 14.5 Å². The van der Waals surface area contributed by atoms with Crippen LogP contribution in [-0.2, 0) is 14.3 Å². The van der Waals surface area contributed by atoms with E-state index in [4.69, 9.17) is 4.74 Å². The van der Waals surface area contributed by atoms with Crippen molar-refractivity contribution in [1.29, 1.82) is 0 Å². The Morgan fingerprint density at radius 1 is 1.32 bits per heavy atom. The fraction of sp³-hybridized carbons (Fsp3) is 0.875. The minimum Gasteiger partial charge on any atom is -0.380 e. The van der Waals surface area contributed by atoms with Crippen LogP contribution in [0.3, 0.4) is 0 Å². The number of ether oxygens (including phenoxy) is 1. The zero-order valence-corrected chi connectivity index (χ0v) is 14.9. The van der Waals surface area contributed by atoms with Crippen molar-refractivity contribution in [3.63, 3.8) is 0 Å². The molecule has 0 radical (unpaired) electrons. The van der Waals surface area contributed by atoms with Gasteiger partial charge in [0, 0.05) is 32.4 Å². The Labute approximate surface area is 137 Å². The number of thioether (sulfide) groups is 1. The summed E-state index contributed by atoms with van der Waals surface area (Å²) >= 11 is 1.67. The minimum absolute atomic E-state index is 0.0514. The Balaban J connectivity index is 2.00. The number of nitrogens with zero attached hydrogens (tertiary/aromatic N) is 2. The SMILES string of the molecule is COC1CCCN(C(=O)C2CSCN2C(=O)CC(C)(C)C)C1. The van der Waals surface area contributed by atoms with Crippen molar-refractivity contribution in [2.24, 2.45) is 5.41 Å². The van der Waals surface area contributed by atoms with Gasteiger partial charge in [-0.05, 0) is 18.3 Å². The predicted octanol–water partition coefficient (Wildman–Crippen LogP) is 1.96. The number of carbonyl (C=O) groups excluding carboxylic acids is 2. The molecule has 2 atom stereocenters. The van der Waals surface area contributed by atoms with Crippen LogP contribution in [0.25, 0.3) is 0 Å². The Morgan fingerprint density at radius 2 is 2.05 bits per heavy atom. The second kappa shape index (κ2) is 7.21. The molecular weight excluding hydrogens is 300 g/mol. The van der Waals surface area contributed by atoms with E-state index in [9.17, 15) is 9.59 Å². The molecule has 2 unspecified atom stereocenters. The molecule has 126 valence electrons. The second-order valence-electron chi connectivity index (χ2n) is 7.40. The molecule has 0 aliphatic carbocycles. The third kappa shape index (κ3) is 4.38. The van der Waals surface area contributed by atoms with Gasteiger partial charge in [0.15, 0.2) is 0 Å². The maximum atomic E-state index is 12.8. The average molecular weight is 328 g/mol. The third-order valence-electron chi connectivity index (χ3n) is 4.19. The highest BCUT2D eigenvalue weighted by molar-refractivity contribution is 7.99. The van der Waals surface area contributed by atoms with E-state index in [1.165, 1.54) is 0 Å². The van der Waals surface area contributed by atoms with E-state index in [0.717, 1.165) is 19.4 Å². The topological polar surface area (TPSA) is 49.9 Å². The first-order valence-electron chi connectivity index (χ1n) is 8.00. The van der Waals surface area contributed by atoms with E-state index in [2.05, 4.69) is 20.8 Å². The first-order valence-corrected chi connectivity index (χ1v) is 9.16. The summed E-state index contributed by atoms with van der Waals surface area (Å²) in [5.74, 6) is 1.53. The lowest BCUT2D eigenvalue weighted by Gasteiger charge is -2.35. The van der Waals surface area contributed by atoms with Gasteiger partial charge in [-0.25, -0.2) is 0 Å². The molecule has 2 aliphatic rings. The van der Waals surface area contributed by atoms with E-state index in [1.54, 1.807) is 23.8 Å². The van der Waals surface area contributed by atoms with Crippen molar-refractivity contribution in [3.05, 3.63) is 0 Å². The van der Waals surface area contributed by atoms with Gasteiger partial charge in [-0.15, -0.1) is 11.8 Å². The highest BCUT2D eigenvalue weighted by atomic mass is 32.2. The molecule has 0 aromatic carbocycles. The van der Waals surface area contributed by atoms with Gasteiger partial charge in [0.05, 0.1) is 12.0 Å². The van der Waals surface area contributed by atoms with Crippen molar-refractivity contribution < 1.29 is 14.3 Å². The van der Waals surface area contributed by atoms with Gasteiger partial charge >= 0.3 is 0 Å². The first-order chi connectivity index (χ1) is 10.3. The Kier molecular flexibility index (Phi) is 5.77. The second-order valence-corrected chi connectivity index (χ2v) is 8.40. The van der Waals surface area contributed by atoms with Gasteiger partial charge in [-0.2, -0.15) is 0 Å². The number of hydrogen-bond donors (Lipinski definition) is 0. The van der Waals surface area contributed by atoms with Crippen LogP contribution < -0.4 is 0 Å². The quantitative estimate of drug-likeness (QED) is 0.795. The van der Waals surface area contributed by atoms with Crippen LogP contribution >= 0.6 is 11.8 Å². The van der Waals surface area contributed by atoms with Gasteiger partial charge in [0.1, 0.15) is 6.04 Å². The number of likely N-dealkylation sites (tertiary alicyclic amines) is 1. The van der Waals surface area contributed by atoms with Crippen molar-refractivity contribution in [2.45, 2.75) is 52.2 Å². The number of carbonyl (C=O) groups is 2. The summed E-state index contributed by atoms with van der Waals surface area (Å²) in [6.45, 7) is 7.59. The summed E-state index contributed by atoms with van der Waals surface area (Å²) < 4.78 is 5.39. The summed E-state index contributed by atoms with van der Waals surface area (Å²) in [5.41, 5.74) is -0.0514. The normalized spacial score (nSPS) is 26.4. The molecule has 0 bridgehead atoms. The maximum absolute atomic E-state index is 12.8. The van der Waals surface area contributed by atoms with Crippen molar-refractivity contribution in [2.75, 3.05) is 31.8 Å². The molecule has 6 heteroatoms. The number of hydrogen-bond acceptors (Lipinski definition) is 4. The molecule has 2 heterocycles. The number of amides is 2. The first kappa shape index (κ1) is 17.6. The molecule has 22 heavy (non-hydrogen) atoms. The smallest absolute Gasteiger partial charge is 0.246 e. The van der Waals surface area contributed by atoms with Gasteiger partial charge in [0.2, 0.25) is 11.8 Å². The molecule has 0 aromatic rings. The lowest BCUT2D eigenvalue weighted by Crippen LogP contribution is -2.52. The third-order valence-corrected chi connectivity index (χ3v) is 5.20. The maximum Gasteiger partial charge on any atom is 0.246 e. The molecule has 2 saturated heterocycles. The Hall–Kier alpha value is -0.750. The monoisotopic (exact) mass is 328 g/mol. The summed E-state index contributed by atoms with van der Waals surface area (Å²) in [6, 6.07) is -0.296. The summed E-state index contributed by atoms with van der Waals surface area (Å²) in [5, 5.41) is 0. The van der Waals surface area contributed by atoms with Crippen LogP contribution in [0.15, 0.2) is 0 Å². The molecule has 0 saturated carbocycles. The summed E-state index contributed by atoms with van der Waals surface area (Å²) in [4.78, 5) is 29.0. The number of rotatable bonds is 3. The molecule has 2 amide bonds. The largest absolute Gasteiger partial charge is 0.380 e. The zero-order chi connectivity index (χ0) is 16.3. The van der Waals surface area contributed by atoms with E-state index < -0.39 is 0 Å². The molecular formula is C16H28N2O3S. The van der Waals surface area contributed by atoms with Crippen LogP contribution in [-0.4, -0.2) is 65.6 Å². The van der Waals surface area contributed by atoms with Crippen LogP contribution in [0, 0.1) is 5.41 Å². The lowest BCUT2D eigenvalue weighted by atomic mass is 9.91. The average Bonchev–Trinajstić information content (AvgIpc) is 2.94. The molecule has 0 N–H and O–H groups in total. The summed E-state index contributed by atoms with van der Waals surface area (Å²) in [6.07, 6.45) is 2.59. The van der Waals surface area contributed by atoms with E-state index >= 15 is 0 Å². The Bertz CT molecular complexity index is 422. The highest BCUT2D eigenvalue weighted by Gasteiger charge is 2.39. The van der Waals surface area contributed by atoms with Crippen molar-refractivity contribution in [3.8, 4) is 0 Å². The van der Waals surface area contributed by atoms with E-state index in [-0.39, 0.29) is 29.4 Å². The van der Waals surface area contributed by atoms with Gasteiger partial charge in [-0.3, -0.25) is 9.59 Å². The Morgan fingerprint density at radius 3 is 2.68 bits per heavy atom.